The average molecular weight is 290 g/mol. The predicted octanol–water partition coefficient (Wildman–Crippen LogP) is 3.15. The highest BCUT2D eigenvalue weighted by Gasteiger charge is 2.13. The van der Waals surface area contributed by atoms with E-state index in [0.29, 0.717) is 19.1 Å². The Balaban J connectivity index is 1.83. The molecule has 1 saturated heterocycles. The van der Waals surface area contributed by atoms with E-state index in [1.165, 1.54) is 19.3 Å². The van der Waals surface area contributed by atoms with Crippen molar-refractivity contribution >= 4 is 11.6 Å². The number of anilines is 1. The fourth-order valence-electron chi connectivity index (χ4n) is 2.45. The van der Waals surface area contributed by atoms with Crippen molar-refractivity contribution in [2.24, 2.45) is 5.92 Å². The van der Waals surface area contributed by atoms with E-state index in [0.717, 1.165) is 24.5 Å². The molecule has 1 heterocycles. The van der Waals surface area contributed by atoms with E-state index in [2.05, 4.69) is 24.1 Å². The first-order valence-corrected chi connectivity index (χ1v) is 7.88. The minimum Gasteiger partial charge on any atom is -0.493 e. The molecule has 0 unspecified atom stereocenters. The van der Waals surface area contributed by atoms with Crippen LogP contribution < -0.4 is 10.1 Å². The summed E-state index contributed by atoms with van der Waals surface area (Å²) < 4.78 is 5.68. The summed E-state index contributed by atoms with van der Waals surface area (Å²) in [6, 6.07) is 7.61. The van der Waals surface area contributed by atoms with Crippen molar-refractivity contribution in [3.63, 3.8) is 0 Å². The fraction of sp³-hybridized carbons (Fsp3) is 0.588. The highest BCUT2D eigenvalue weighted by Crippen LogP contribution is 2.18. The maximum absolute atomic E-state index is 12.1. The molecule has 1 aliphatic heterocycles. The topological polar surface area (TPSA) is 41.6 Å². The van der Waals surface area contributed by atoms with Crippen LogP contribution in [0.2, 0.25) is 0 Å². The fourth-order valence-corrected chi connectivity index (χ4v) is 2.45. The van der Waals surface area contributed by atoms with Crippen molar-refractivity contribution in [2.45, 2.75) is 33.1 Å². The zero-order valence-corrected chi connectivity index (χ0v) is 13.1. The van der Waals surface area contributed by atoms with Crippen molar-refractivity contribution in [2.75, 3.05) is 31.6 Å². The maximum atomic E-state index is 12.1. The van der Waals surface area contributed by atoms with E-state index < -0.39 is 0 Å². The number of carbonyl (C=O) groups is 1. The summed E-state index contributed by atoms with van der Waals surface area (Å²) in [4.78, 5) is 14.3. The molecule has 1 N–H and O–H groups in total. The number of nitrogens with zero attached hydrogens (tertiary/aromatic N) is 1. The third kappa shape index (κ3) is 5.76. The standard InChI is InChI=1S/C17H26N2O2/c1-14(2)13-21-16-8-6-7-15(11-16)18-17(20)12-19-9-4-3-5-10-19/h6-8,11,14H,3-5,9-10,12-13H2,1-2H3,(H,18,20). The molecule has 0 atom stereocenters. The Morgan fingerprint density at radius 3 is 2.76 bits per heavy atom. The van der Waals surface area contributed by atoms with Gasteiger partial charge in [-0.3, -0.25) is 9.69 Å². The Bertz CT molecular complexity index is 454. The minimum atomic E-state index is 0.0536. The van der Waals surface area contributed by atoms with Gasteiger partial charge in [0.15, 0.2) is 0 Å². The van der Waals surface area contributed by atoms with E-state index in [1.807, 2.05) is 24.3 Å². The SMILES string of the molecule is CC(C)COc1cccc(NC(=O)CN2CCCCC2)c1. The number of carbonyl (C=O) groups excluding carboxylic acids is 1. The highest BCUT2D eigenvalue weighted by atomic mass is 16.5. The molecule has 1 aromatic carbocycles. The third-order valence-corrected chi connectivity index (χ3v) is 3.52. The molecule has 4 nitrogen and oxygen atoms in total. The van der Waals surface area contributed by atoms with Gasteiger partial charge in [-0.05, 0) is 44.0 Å². The molecule has 0 aliphatic carbocycles. The predicted molar refractivity (Wildman–Crippen MR) is 85.7 cm³/mol. The first kappa shape index (κ1) is 15.8. The van der Waals surface area contributed by atoms with Crippen LogP contribution in [0, 0.1) is 5.92 Å². The summed E-state index contributed by atoms with van der Waals surface area (Å²) in [5.41, 5.74) is 0.804. The number of ether oxygens (including phenoxy) is 1. The zero-order chi connectivity index (χ0) is 15.1. The highest BCUT2D eigenvalue weighted by molar-refractivity contribution is 5.92. The van der Waals surface area contributed by atoms with E-state index in [-0.39, 0.29) is 5.91 Å². The normalized spacial score (nSPS) is 16.0. The number of nitrogens with one attached hydrogen (secondary N) is 1. The van der Waals surface area contributed by atoms with Crippen LogP contribution in [0.3, 0.4) is 0 Å². The second-order valence-corrected chi connectivity index (χ2v) is 6.12. The molecule has 1 fully saturated rings. The quantitative estimate of drug-likeness (QED) is 0.875. The molecule has 0 radical (unpaired) electrons. The molecule has 1 amide bonds. The van der Waals surface area contributed by atoms with Gasteiger partial charge in [0, 0.05) is 11.8 Å². The van der Waals surface area contributed by atoms with Gasteiger partial charge in [-0.2, -0.15) is 0 Å². The summed E-state index contributed by atoms with van der Waals surface area (Å²) in [5, 5.41) is 2.96. The van der Waals surface area contributed by atoms with Crippen molar-refractivity contribution < 1.29 is 9.53 Å². The molecule has 0 aromatic heterocycles. The molecular formula is C17H26N2O2. The average Bonchev–Trinajstić information content (AvgIpc) is 2.46. The van der Waals surface area contributed by atoms with Crippen LogP contribution in [0.15, 0.2) is 24.3 Å². The number of hydrogen-bond acceptors (Lipinski definition) is 3. The number of benzene rings is 1. The van der Waals surface area contributed by atoms with E-state index in [1.54, 1.807) is 0 Å². The lowest BCUT2D eigenvalue weighted by atomic mass is 10.1. The van der Waals surface area contributed by atoms with Gasteiger partial charge in [0.1, 0.15) is 5.75 Å². The zero-order valence-electron chi connectivity index (χ0n) is 13.1. The monoisotopic (exact) mass is 290 g/mol. The van der Waals surface area contributed by atoms with Crippen molar-refractivity contribution in [1.29, 1.82) is 0 Å². The van der Waals surface area contributed by atoms with Gasteiger partial charge in [-0.1, -0.05) is 26.3 Å². The molecule has 0 bridgehead atoms. The first-order valence-electron chi connectivity index (χ1n) is 7.88. The van der Waals surface area contributed by atoms with Gasteiger partial charge in [0.25, 0.3) is 0 Å². The minimum absolute atomic E-state index is 0.0536. The lowest BCUT2D eigenvalue weighted by Gasteiger charge is -2.25. The van der Waals surface area contributed by atoms with Crippen LogP contribution in [0.25, 0.3) is 0 Å². The Labute approximate surface area is 127 Å². The number of amides is 1. The largest absolute Gasteiger partial charge is 0.493 e. The van der Waals surface area contributed by atoms with Gasteiger partial charge >= 0.3 is 0 Å². The smallest absolute Gasteiger partial charge is 0.238 e. The Morgan fingerprint density at radius 1 is 1.29 bits per heavy atom. The molecule has 4 heteroatoms. The number of likely N-dealkylation sites (tertiary alicyclic amines) is 1. The van der Waals surface area contributed by atoms with Crippen molar-refractivity contribution in [3.05, 3.63) is 24.3 Å². The lowest BCUT2D eigenvalue weighted by molar-refractivity contribution is -0.117. The van der Waals surface area contributed by atoms with Crippen LogP contribution in [-0.2, 0) is 4.79 Å². The van der Waals surface area contributed by atoms with Crippen molar-refractivity contribution in [3.8, 4) is 5.75 Å². The van der Waals surface area contributed by atoms with Crippen molar-refractivity contribution in [1.82, 2.24) is 4.90 Å². The molecule has 1 aliphatic rings. The van der Waals surface area contributed by atoms with Crippen LogP contribution in [0.1, 0.15) is 33.1 Å². The Kier molecular flexibility index (Phi) is 6.05. The summed E-state index contributed by atoms with van der Waals surface area (Å²) >= 11 is 0. The van der Waals surface area contributed by atoms with E-state index in [9.17, 15) is 4.79 Å². The molecule has 2 rings (SSSR count). The van der Waals surface area contributed by atoms with Gasteiger partial charge < -0.3 is 10.1 Å². The van der Waals surface area contributed by atoms with Crippen LogP contribution >= 0.6 is 0 Å². The molecule has 0 spiro atoms. The maximum Gasteiger partial charge on any atom is 0.238 e. The molecular weight excluding hydrogens is 264 g/mol. The second-order valence-electron chi connectivity index (χ2n) is 6.12. The third-order valence-electron chi connectivity index (χ3n) is 3.52. The molecule has 116 valence electrons. The second kappa shape index (κ2) is 8.03. The summed E-state index contributed by atoms with van der Waals surface area (Å²) in [6.45, 7) is 7.46. The van der Waals surface area contributed by atoms with Crippen LogP contribution in [0.5, 0.6) is 5.75 Å². The Hall–Kier alpha value is -1.55. The van der Waals surface area contributed by atoms with Gasteiger partial charge in [-0.25, -0.2) is 0 Å². The number of hydrogen-bond donors (Lipinski definition) is 1. The van der Waals surface area contributed by atoms with Gasteiger partial charge in [-0.15, -0.1) is 0 Å². The van der Waals surface area contributed by atoms with Gasteiger partial charge in [0.2, 0.25) is 5.91 Å². The summed E-state index contributed by atoms with van der Waals surface area (Å²) in [6.07, 6.45) is 3.69. The summed E-state index contributed by atoms with van der Waals surface area (Å²) in [5.74, 6) is 1.35. The summed E-state index contributed by atoms with van der Waals surface area (Å²) in [7, 11) is 0. The number of rotatable bonds is 6. The van der Waals surface area contributed by atoms with E-state index in [4.69, 9.17) is 4.74 Å². The van der Waals surface area contributed by atoms with E-state index >= 15 is 0 Å². The molecule has 21 heavy (non-hydrogen) atoms. The molecule has 0 saturated carbocycles. The first-order chi connectivity index (χ1) is 10.1. The Morgan fingerprint density at radius 2 is 2.05 bits per heavy atom. The van der Waals surface area contributed by atoms with Crippen LogP contribution in [0.4, 0.5) is 5.69 Å². The number of piperidine rings is 1. The lowest BCUT2D eigenvalue weighted by Crippen LogP contribution is -2.36. The van der Waals surface area contributed by atoms with Gasteiger partial charge in [0.05, 0.1) is 13.2 Å². The molecule has 1 aromatic rings. The van der Waals surface area contributed by atoms with Crippen LogP contribution in [-0.4, -0.2) is 37.0 Å².